The second-order valence-electron chi connectivity index (χ2n) is 6.61. The number of halogens is 1. The van der Waals surface area contributed by atoms with Crippen molar-refractivity contribution < 1.29 is 9.21 Å². The van der Waals surface area contributed by atoms with Crippen LogP contribution in [0.5, 0.6) is 0 Å². The van der Waals surface area contributed by atoms with Gasteiger partial charge in [0.1, 0.15) is 11.6 Å². The molecule has 0 unspecified atom stereocenters. The summed E-state index contributed by atoms with van der Waals surface area (Å²) in [4.78, 5) is 19.0. The van der Waals surface area contributed by atoms with E-state index in [1.807, 2.05) is 52.1 Å². The van der Waals surface area contributed by atoms with Crippen LogP contribution in [-0.2, 0) is 24.4 Å². The summed E-state index contributed by atoms with van der Waals surface area (Å²) < 4.78 is 7.47. The number of carbonyl (C=O) groups excluding carboxylic acids is 1. The van der Waals surface area contributed by atoms with Crippen LogP contribution in [0.4, 0.5) is 0 Å². The van der Waals surface area contributed by atoms with Crippen molar-refractivity contribution in [2.45, 2.75) is 32.5 Å². The molecule has 6 heteroatoms. The molecule has 4 rings (SSSR count). The van der Waals surface area contributed by atoms with Gasteiger partial charge in [-0.15, -0.1) is 0 Å². The van der Waals surface area contributed by atoms with Gasteiger partial charge in [0.25, 0.3) is 0 Å². The Bertz CT molecular complexity index is 884. The minimum absolute atomic E-state index is 0.150. The second-order valence-corrected chi connectivity index (χ2v) is 7.02. The second kappa shape index (κ2) is 7.38. The van der Waals surface area contributed by atoms with Crippen molar-refractivity contribution in [1.29, 1.82) is 0 Å². The average molecular weight is 370 g/mol. The lowest BCUT2D eigenvalue weighted by molar-refractivity contribution is -0.134. The van der Waals surface area contributed by atoms with Gasteiger partial charge in [0.15, 0.2) is 0 Å². The number of carbonyl (C=O) groups is 1. The summed E-state index contributed by atoms with van der Waals surface area (Å²) in [6, 6.07) is 11.5. The first-order chi connectivity index (χ1) is 12.7. The predicted octanol–water partition coefficient (Wildman–Crippen LogP) is 4.12. The Labute approximate surface area is 157 Å². The molecule has 0 bridgehead atoms. The van der Waals surface area contributed by atoms with Gasteiger partial charge in [-0.1, -0.05) is 29.8 Å². The van der Waals surface area contributed by atoms with Gasteiger partial charge in [-0.25, -0.2) is 4.98 Å². The van der Waals surface area contributed by atoms with E-state index in [1.54, 1.807) is 12.5 Å². The van der Waals surface area contributed by atoms with Crippen LogP contribution in [0.1, 0.15) is 30.0 Å². The number of imidazole rings is 1. The molecule has 26 heavy (non-hydrogen) atoms. The number of furan rings is 1. The fraction of sp³-hybridized carbons (Fsp3) is 0.300. The molecule has 1 aliphatic rings. The summed E-state index contributed by atoms with van der Waals surface area (Å²) >= 11 is 6.28. The highest BCUT2D eigenvalue weighted by Gasteiger charge is 2.34. The summed E-state index contributed by atoms with van der Waals surface area (Å²) in [6.07, 6.45) is 7.26. The van der Waals surface area contributed by atoms with Gasteiger partial charge in [-0.2, -0.15) is 0 Å². The molecule has 0 aliphatic heterocycles. The lowest BCUT2D eigenvalue weighted by atomic mass is 10.2. The molecule has 0 spiro atoms. The highest BCUT2D eigenvalue weighted by atomic mass is 35.5. The monoisotopic (exact) mass is 369 g/mol. The number of aromatic nitrogens is 2. The third kappa shape index (κ3) is 3.83. The first-order valence-electron chi connectivity index (χ1n) is 8.75. The molecule has 1 aliphatic carbocycles. The molecule has 0 N–H and O–H groups in total. The van der Waals surface area contributed by atoms with Crippen LogP contribution in [0.15, 0.2) is 59.5 Å². The molecule has 1 aromatic carbocycles. The van der Waals surface area contributed by atoms with Crippen LogP contribution in [-0.4, -0.2) is 20.4 Å². The van der Waals surface area contributed by atoms with E-state index in [0.717, 1.165) is 35.0 Å². The van der Waals surface area contributed by atoms with Crippen LogP contribution in [0.25, 0.3) is 0 Å². The maximum Gasteiger partial charge on any atom is 0.226 e. The van der Waals surface area contributed by atoms with Crippen molar-refractivity contribution >= 4 is 17.5 Å². The zero-order valence-electron chi connectivity index (χ0n) is 14.3. The van der Waals surface area contributed by atoms with Crippen LogP contribution in [0.3, 0.4) is 0 Å². The van der Waals surface area contributed by atoms with E-state index in [1.165, 1.54) is 0 Å². The van der Waals surface area contributed by atoms with Crippen molar-refractivity contribution in [3.05, 3.63) is 77.2 Å². The van der Waals surface area contributed by atoms with Crippen molar-refractivity contribution in [2.75, 3.05) is 0 Å². The fourth-order valence-corrected chi connectivity index (χ4v) is 3.20. The SMILES string of the molecule is O=C(C1CC1)N(Cc1ccco1)Cc1nccn1Cc1ccccc1Cl. The smallest absolute Gasteiger partial charge is 0.226 e. The zero-order valence-corrected chi connectivity index (χ0v) is 15.1. The Morgan fingerprint density at radius 1 is 1.23 bits per heavy atom. The maximum atomic E-state index is 12.7. The van der Waals surface area contributed by atoms with Gasteiger partial charge in [-0.05, 0) is 36.6 Å². The third-order valence-electron chi connectivity index (χ3n) is 4.60. The van der Waals surface area contributed by atoms with Gasteiger partial charge in [-0.3, -0.25) is 4.79 Å². The fourth-order valence-electron chi connectivity index (χ4n) is 3.01. The van der Waals surface area contributed by atoms with E-state index < -0.39 is 0 Å². The molecule has 2 heterocycles. The first kappa shape index (κ1) is 16.9. The van der Waals surface area contributed by atoms with E-state index in [0.29, 0.717) is 19.6 Å². The molecule has 1 saturated carbocycles. The summed E-state index contributed by atoms with van der Waals surface area (Å²) in [5.41, 5.74) is 1.03. The lowest BCUT2D eigenvalue weighted by Gasteiger charge is -2.22. The Hall–Kier alpha value is -2.53. The Kier molecular flexibility index (Phi) is 4.80. The quantitative estimate of drug-likeness (QED) is 0.629. The Morgan fingerprint density at radius 3 is 2.81 bits per heavy atom. The highest BCUT2D eigenvalue weighted by Crippen LogP contribution is 2.32. The molecule has 3 aromatic rings. The maximum absolute atomic E-state index is 12.7. The van der Waals surface area contributed by atoms with Crippen LogP contribution >= 0.6 is 11.6 Å². The van der Waals surface area contributed by atoms with Gasteiger partial charge >= 0.3 is 0 Å². The van der Waals surface area contributed by atoms with Crippen LogP contribution < -0.4 is 0 Å². The predicted molar refractivity (Wildman–Crippen MR) is 98.5 cm³/mol. The average Bonchev–Trinajstić information content (AvgIpc) is 3.20. The molecule has 1 fully saturated rings. The summed E-state index contributed by atoms with van der Waals surface area (Å²) in [7, 11) is 0. The molecular formula is C20H20ClN3O2. The molecule has 0 radical (unpaired) electrons. The van der Waals surface area contributed by atoms with Crippen molar-refractivity contribution in [1.82, 2.24) is 14.5 Å². The largest absolute Gasteiger partial charge is 0.467 e. The minimum atomic E-state index is 0.150. The zero-order chi connectivity index (χ0) is 17.9. The van der Waals surface area contributed by atoms with Gasteiger partial charge in [0.05, 0.1) is 25.9 Å². The highest BCUT2D eigenvalue weighted by molar-refractivity contribution is 6.31. The first-order valence-corrected chi connectivity index (χ1v) is 9.13. The topological polar surface area (TPSA) is 51.3 Å². The van der Waals surface area contributed by atoms with E-state index in [2.05, 4.69) is 4.98 Å². The summed E-state index contributed by atoms with van der Waals surface area (Å²) in [6.45, 7) is 1.54. The van der Waals surface area contributed by atoms with Gasteiger partial charge in [0, 0.05) is 23.3 Å². The molecular weight excluding hydrogens is 350 g/mol. The number of nitrogens with zero attached hydrogens (tertiary/aromatic N) is 3. The van der Waals surface area contributed by atoms with Crippen LogP contribution in [0, 0.1) is 5.92 Å². The standard InChI is InChI=1S/C20H20ClN3O2/c21-18-6-2-1-4-16(18)12-23-10-9-22-19(23)14-24(20(25)15-7-8-15)13-17-5-3-11-26-17/h1-6,9-11,15H,7-8,12-14H2. The van der Waals surface area contributed by atoms with Crippen molar-refractivity contribution in [3.8, 4) is 0 Å². The third-order valence-corrected chi connectivity index (χ3v) is 4.97. The Balaban J connectivity index is 1.53. The van der Waals surface area contributed by atoms with E-state index in [-0.39, 0.29) is 11.8 Å². The van der Waals surface area contributed by atoms with E-state index in [9.17, 15) is 4.79 Å². The Morgan fingerprint density at radius 2 is 2.08 bits per heavy atom. The van der Waals surface area contributed by atoms with Gasteiger partial charge < -0.3 is 13.9 Å². The van der Waals surface area contributed by atoms with Gasteiger partial charge in [0.2, 0.25) is 5.91 Å². The molecule has 0 saturated heterocycles. The van der Waals surface area contributed by atoms with E-state index >= 15 is 0 Å². The number of benzene rings is 1. The van der Waals surface area contributed by atoms with Crippen molar-refractivity contribution in [3.63, 3.8) is 0 Å². The number of amides is 1. The summed E-state index contributed by atoms with van der Waals surface area (Å²) in [5, 5.41) is 0.730. The molecule has 2 aromatic heterocycles. The molecule has 134 valence electrons. The number of rotatable bonds is 7. The van der Waals surface area contributed by atoms with Crippen LogP contribution in [0.2, 0.25) is 5.02 Å². The van der Waals surface area contributed by atoms with Crippen molar-refractivity contribution in [2.24, 2.45) is 5.92 Å². The normalized spacial score (nSPS) is 13.7. The molecule has 5 nitrogen and oxygen atoms in total. The lowest BCUT2D eigenvalue weighted by Crippen LogP contribution is -2.32. The number of hydrogen-bond donors (Lipinski definition) is 0. The molecule has 0 atom stereocenters. The number of hydrogen-bond acceptors (Lipinski definition) is 3. The minimum Gasteiger partial charge on any atom is -0.467 e. The summed E-state index contributed by atoms with van der Waals surface area (Å²) in [5.74, 6) is 1.94. The van der Waals surface area contributed by atoms with E-state index in [4.69, 9.17) is 16.0 Å². The molecule has 1 amide bonds.